The molecule has 1 aromatic carbocycles. The number of para-hydroxylation sites is 2. The van der Waals surface area contributed by atoms with E-state index < -0.39 is 0 Å². The number of furan rings is 1. The van der Waals surface area contributed by atoms with Crippen molar-refractivity contribution in [3.8, 4) is 5.75 Å². The topological polar surface area (TPSA) is 42.7 Å². The summed E-state index contributed by atoms with van der Waals surface area (Å²) in [5, 5.41) is 0.118. The van der Waals surface area contributed by atoms with Crippen molar-refractivity contribution >= 4 is 23.2 Å². The SMILES string of the molecule is O=C(c1ccoc1Cl)N1CCCOc2ccccc21. The Morgan fingerprint density at radius 1 is 1.26 bits per heavy atom. The van der Waals surface area contributed by atoms with Crippen LogP contribution in [0.3, 0.4) is 0 Å². The van der Waals surface area contributed by atoms with Crippen molar-refractivity contribution in [1.82, 2.24) is 0 Å². The molecule has 0 bridgehead atoms. The Morgan fingerprint density at radius 2 is 2.11 bits per heavy atom. The number of anilines is 1. The first-order chi connectivity index (χ1) is 9.27. The third kappa shape index (κ3) is 2.19. The van der Waals surface area contributed by atoms with E-state index in [0.29, 0.717) is 24.5 Å². The summed E-state index contributed by atoms with van der Waals surface area (Å²) in [7, 11) is 0. The minimum absolute atomic E-state index is 0.118. The molecule has 0 saturated carbocycles. The maximum Gasteiger partial charge on any atom is 0.263 e. The van der Waals surface area contributed by atoms with Gasteiger partial charge in [0.15, 0.2) is 0 Å². The number of carbonyl (C=O) groups is 1. The first kappa shape index (κ1) is 12.1. The summed E-state index contributed by atoms with van der Waals surface area (Å²) in [6.07, 6.45) is 2.19. The molecule has 2 aromatic rings. The number of halogens is 1. The second-order valence-electron chi connectivity index (χ2n) is 4.23. The van der Waals surface area contributed by atoms with Crippen LogP contribution in [0.4, 0.5) is 5.69 Å². The molecule has 0 atom stereocenters. The van der Waals surface area contributed by atoms with Gasteiger partial charge in [-0.3, -0.25) is 4.79 Å². The number of amides is 1. The molecular formula is C14H12ClNO3. The van der Waals surface area contributed by atoms with E-state index in [0.717, 1.165) is 12.1 Å². The summed E-state index contributed by atoms with van der Waals surface area (Å²) < 4.78 is 10.6. The number of hydrogen-bond acceptors (Lipinski definition) is 3. The highest BCUT2D eigenvalue weighted by Gasteiger charge is 2.25. The van der Waals surface area contributed by atoms with Gasteiger partial charge in [0.25, 0.3) is 5.91 Å². The molecule has 3 rings (SSSR count). The highest BCUT2D eigenvalue weighted by molar-refractivity contribution is 6.32. The van der Waals surface area contributed by atoms with Gasteiger partial charge in [-0.2, -0.15) is 0 Å². The van der Waals surface area contributed by atoms with Gasteiger partial charge in [0.2, 0.25) is 5.22 Å². The zero-order valence-electron chi connectivity index (χ0n) is 10.1. The van der Waals surface area contributed by atoms with Crippen LogP contribution in [-0.2, 0) is 0 Å². The van der Waals surface area contributed by atoms with Crippen LogP contribution in [0.25, 0.3) is 0 Å². The van der Waals surface area contributed by atoms with Crippen LogP contribution in [0, 0.1) is 0 Å². The van der Waals surface area contributed by atoms with Gasteiger partial charge < -0.3 is 14.1 Å². The maximum absolute atomic E-state index is 12.5. The summed E-state index contributed by atoms with van der Waals surface area (Å²) in [5.74, 6) is 0.546. The lowest BCUT2D eigenvalue weighted by Crippen LogP contribution is -2.31. The van der Waals surface area contributed by atoms with Crippen LogP contribution in [0.2, 0.25) is 5.22 Å². The second-order valence-corrected chi connectivity index (χ2v) is 4.58. The van der Waals surface area contributed by atoms with Gasteiger partial charge in [0.1, 0.15) is 5.75 Å². The van der Waals surface area contributed by atoms with Gasteiger partial charge in [-0.25, -0.2) is 0 Å². The van der Waals surface area contributed by atoms with Crippen LogP contribution in [0.1, 0.15) is 16.8 Å². The molecule has 1 aliphatic rings. The molecule has 1 aromatic heterocycles. The van der Waals surface area contributed by atoms with E-state index in [1.807, 2.05) is 24.3 Å². The van der Waals surface area contributed by atoms with Gasteiger partial charge in [-0.15, -0.1) is 0 Å². The van der Waals surface area contributed by atoms with Gasteiger partial charge in [-0.05, 0) is 36.2 Å². The van der Waals surface area contributed by atoms with E-state index in [9.17, 15) is 4.79 Å². The van der Waals surface area contributed by atoms with Crippen molar-refractivity contribution in [3.63, 3.8) is 0 Å². The maximum atomic E-state index is 12.5. The highest BCUT2D eigenvalue weighted by atomic mass is 35.5. The van der Waals surface area contributed by atoms with Crippen molar-refractivity contribution in [2.24, 2.45) is 0 Å². The Kier molecular flexibility index (Phi) is 3.17. The van der Waals surface area contributed by atoms with Crippen LogP contribution in [0.15, 0.2) is 41.0 Å². The highest BCUT2D eigenvalue weighted by Crippen LogP contribution is 2.32. The third-order valence-corrected chi connectivity index (χ3v) is 3.33. The zero-order valence-corrected chi connectivity index (χ0v) is 10.9. The molecule has 98 valence electrons. The van der Waals surface area contributed by atoms with Gasteiger partial charge in [0, 0.05) is 6.54 Å². The quantitative estimate of drug-likeness (QED) is 0.803. The van der Waals surface area contributed by atoms with Gasteiger partial charge in [-0.1, -0.05) is 12.1 Å². The minimum atomic E-state index is -0.170. The fourth-order valence-electron chi connectivity index (χ4n) is 2.13. The third-order valence-electron chi connectivity index (χ3n) is 3.03. The predicted octanol–water partition coefficient (Wildman–Crippen LogP) is 3.36. The average Bonchev–Trinajstić information content (AvgIpc) is 2.74. The summed E-state index contributed by atoms with van der Waals surface area (Å²) in [4.78, 5) is 14.2. The van der Waals surface area contributed by atoms with Crippen molar-refractivity contribution in [3.05, 3.63) is 47.4 Å². The Labute approximate surface area is 115 Å². The molecule has 0 unspecified atom stereocenters. The summed E-state index contributed by atoms with van der Waals surface area (Å²) in [5.41, 5.74) is 1.14. The number of rotatable bonds is 1. The summed E-state index contributed by atoms with van der Waals surface area (Å²) >= 11 is 5.88. The van der Waals surface area contributed by atoms with Crippen molar-refractivity contribution in [2.45, 2.75) is 6.42 Å². The van der Waals surface area contributed by atoms with Gasteiger partial charge >= 0.3 is 0 Å². The fourth-order valence-corrected chi connectivity index (χ4v) is 2.33. The number of hydrogen-bond donors (Lipinski definition) is 0. The molecule has 5 heteroatoms. The number of carbonyl (C=O) groups excluding carboxylic acids is 1. The first-order valence-electron chi connectivity index (χ1n) is 6.04. The standard InChI is InChI=1S/C14H12ClNO3/c15-13-10(6-9-19-13)14(17)16-7-3-8-18-12-5-2-1-4-11(12)16/h1-2,4-6,9H,3,7-8H2. The zero-order chi connectivity index (χ0) is 13.2. The Balaban J connectivity index is 2.01. The lowest BCUT2D eigenvalue weighted by Gasteiger charge is -2.21. The summed E-state index contributed by atoms with van der Waals surface area (Å²) in [6, 6.07) is 9.08. The van der Waals surface area contributed by atoms with E-state index >= 15 is 0 Å². The Hall–Kier alpha value is -1.94. The fraction of sp³-hybridized carbons (Fsp3) is 0.214. The Bertz CT molecular complexity index is 608. The first-order valence-corrected chi connectivity index (χ1v) is 6.42. The van der Waals surface area contributed by atoms with E-state index in [1.54, 1.807) is 11.0 Å². The molecular weight excluding hydrogens is 266 g/mol. The Morgan fingerprint density at radius 3 is 2.89 bits per heavy atom. The average molecular weight is 278 g/mol. The smallest absolute Gasteiger partial charge is 0.263 e. The predicted molar refractivity (Wildman–Crippen MR) is 71.9 cm³/mol. The molecule has 0 radical (unpaired) electrons. The van der Waals surface area contributed by atoms with Crippen molar-refractivity contribution in [2.75, 3.05) is 18.1 Å². The molecule has 0 N–H and O–H groups in total. The lowest BCUT2D eigenvalue weighted by molar-refractivity contribution is 0.0987. The van der Waals surface area contributed by atoms with E-state index in [1.165, 1.54) is 6.26 Å². The molecule has 4 nitrogen and oxygen atoms in total. The molecule has 0 aliphatic carbocycles. The second kappa shape index (κ2) is 4.97. The number of benzene rings is 1. The lowest BCUT2D eigenvalue weighted by atomic mass is 10.2. The molecule has 0 fully saturated rings. The molecule has 0 saturated heterocycles. The van der Waals surface area contributed by atoms with E-state index in [-0.39, 0.29) is 11.1 Å². The monoisotopic (exact) mass is 277 g/mol. The van der Waals surface area contributed by atoms with Crippen LogP contribution < -0.4 is 9.64 Å². The largest absolute Gasteiger partial charge is 0.491 e. The molecule has 2 heterocycles. The molecule has 0 spiro atoms. The van der Waals surface area contributed by atoms with Crippen LogP contribution in [-0.4, -0.2) is 19.1 Å². The van der Waals surface area contributed by atoms with Crippen molar-refractivity contribution in [1.29, 1.82) is 0 Å². The van der Waals surface area contributed by atoms with Gasteiger partial charge in [0.05, 0.1) is 24.1 Å². The van der Waals surface area contributed by atoms with Crippen molar-refractivity contribution < 1.29 is 13.9 Å². The number of ether oxygens (including phenoxy) is 1. The van der Waals surface area contributed by atoms with E-state index in [2.05, 4.69) is 0 Å². The number of nitrogens with zero attached hydrogens (tertiary/aromatic N) is 1. The van der Waals surface area contributed by atoms with Crippen LogP contribution >= 0.6 is 11.6 Å². The molecule has 1 aliphatic heterocycles. The molecule has 1 amide bonds. The summed E-state index contributed by atoms with van der Waals surface area (Å²) in [6.45, 7) is 1.19. The normalized spacial score (nSPS) is 14.5. The molecule has 19 heavy (non-hydrogen) atoms. The van der Waals surface area contributed by atoms with E-state index in [4.69, 9.17) is 20.8 Å². The minimum Gasteiger partial charge on any atom is -0.491 e. The number of fused-ring (bicyclic) bond motifs is 1. The van der Waals surface area contributed by atoms with Crippen LogP contribution in [0.5, 0.6) is 5.75 Å².